The SMILES string of the molecule is COc1ccc(Cl)cc1CSC(=N)N. The number of thioether (sulfide) groups is 1. The minimum absolute atomic E-state index is 0.0898. The zero-order chi connectivity index (χ0) is 10.6. The van der Waals surface area contributed by atoms with Crippen molar-refractivity contribution >= 4 is 28.5 Å². The molecule has 0 fully saturated rings. The van der Waals surface area contributed by atoms with Crippen LogP contribution in [0.4, 0.5) is 0 Å². The van der Waals surface area contributed by atoms with Crippen molar-refractivity contribution in [3.05, 3.63) is 28.8 Å². The van der Waals surface area contributed by atoms with Gasteiger partial charge in [0.15, 0.2) is 5.17 Å². The largest absolute Gasteiger partial charge is 0.496 e. The lowest BCUT2D eigenvalue weighted by Crippen LogP contribution is -2.04. The van der Waals surface area contributed by atoms with Gasteiger partial charge in [0.25, 0.3) is 0 Å². The molecule has 0 radical (unpaired) electrons. The number of ether oxygens (including phenoxy) is 1. The summed E-state index contributed by atoms with van der Waals surface area (Å²) < 4.78 is 5.15. The summed E-state index contributed by atoms with van der Waals surface area (Å²) in [5.74, 6) is 1.36. The summed E-state index contributed by atoms with van der Waals surface area (Å²) >= 11 is 7.08. The Balaban J connectivity index is 2.82. The molecule has 0 aliphatic rings. The van der Waals surface area contributed by atoms with E-state index < -0.39 is 0 Å². The summed E-state index contributed by atoms with van der Waals surface area (Å²) in [5.41, 5.74) is 6.19. The predicted molar refractivity (Wildman–Crippen MR) is 61.2 cm³/mol. The van der Waals surface area contributed by atoms with Crippen LogP contribution in [0.5, 0.6) is 5.75 Å². The summed E-state index contributed by atoms with van der Waals surface area (Å²) in [6.07, 6.45) is 0. The molecule has 5 heteroatoms. The zero-order valence-electron chi connectivity index (χ0n) is 7.71. The summed E-state index contributed by atoms with van der Waals surface area (Å²) in [6, 6.07) is 5.39. The van der Waals surface area contributed by atoms with E-state index in [1.807, 2.05) is 6.07 Å². The molecule has 3 N–H and O–H groups in total. The molecular formula is C9H11ClN2OS. The van der Waals surface area contributed by atoms with E-state index in [0.29, 0.717) is 10.8 Å². The smallest absolute Gasteiger partial charge is 0.151 e. The molecule has 1 rings (SSSR count). The van der Waals surface area contributed by atoms with Crippen LogP contribution in [0.1, 0.15) is 5.56 Å². The highest BCUT2D eigenvalue weighted by Crippen LogP contribution is 2.26. The Hall–Kier alpha value is -0.870. The standard InChI is InChI=1S/C9H11ClN2OS/c1-13-8-3-2-7(10)4-6(8)5-14-9(11)12/h2-4H,5H2,1H3,(H3,11,12). The minimum Gasteiger partial charge on any atom is -0.496 e. The van der Waals surface area contributed by atoms with Crippen molar-refractivity contribution < 1.29 is 4.74 Å². The Kier molecular flexibility index (Phi) is 4.10. The fourth-order valence-corrected chi connectivity index (χ4v) is 1.75. The van der Waals surface area contributed by atoms with E-state index in [2.05, 4.69) is 0 Å². The monoisotopic (exact) mass is 230 g/mol. The molecule has 0 spiro atoms. The van der Waals surface area contributed by atoms with Crippen LogP contribution in [0.15, 0.2) is 18.2 Å². The van der Waals surface area contributed by atoms with Crippen molar-refractivity contribution in [3.8, 4) is 5.75 Å². The number of amidine groups is 1. The van der Waals surface area contributed by atoms with Gasteiger partial charge in [-0.15, -0.1) is 0 Å². The van der Waals surface area contributed by atoms with Gasteiger partial charge in [0, 0.05) is 16.3 Å². The van der Waals surface area contributed by atoms with Crippen LogP contribution in [0.2, 0.25) is 5.02 Å². The molecule has 0 heterocycles. The molecule has 0 saturated heterocycles. The first-order valence-corrected chi connectivity index (χ1v) is 5.29. The molecule has 0 amide bonds. The predicted octanol–water partition coefficient (Wildman–Crippen LogP) is 2.48. The van der Waals surface area contributed by atoms with Gasteiger partial charge in [-0.25, -0.2) is 0 Å². The number of hydrogen-bond acceptors (Lipinski definition) is 3. The summed E-state index contributed by atoms with van der Waals surface area (Å²) in [5, 5.41) is 7.84. The Morgan fingerprint density at radius 1 is 1.64 bits per heavy atom. The van der Waals surface area contributed by atoms with Gasteiger partial charge >= 0.3 is 0 Å². The maximum absolute atomic E-state index is 7.09. The summed E-state index contributed by atoms with van der Waals surface area (Å²) in [6.45, 7) is 0. The molecule has 76 valence electrons. The topological polar surface area (TPSA) is 59.1 Å². The van der Waals surface area contributed by atoms with Crippen LogP contribution < -0.4 is 10.5 Å². The maximum Gasteiger partial charge on any atom is 0.151 e. The van der Waals surface area contributed by atoms with Gasteiger partial charge in [-0.05, 0) is 18.2 Å². The van der Waals surface area contributed by atoms with Crippen LogP contribution in [0.25, 0.3) is 0 Å². The van der Waals surface area contributed by atoms with Crippen molar-refractivity contribution in [3.63, 3.8) is 0 Å². The lowest BCUT2D eigenvalue weighted by molar-refractivity contribution is 0.411. The molecule has 3 nitrogen and oxygen atoms in total. The first-order chi connectivity index (χ1) is 6.63. The van der Waals surface area contributed by atoms with E-state index in [1.165, 1.54) is 11.8 Å². The molecule has 0 aromatic heterocycles. The number of methoxy groups -OCH3 is 1. The molecule has 0 unspecified atom stereocenters. The third-order valence-corrected chi connectivity index (χ3v) is 2.63. The number of nitrogens with two attached hydrogens (primary N) is 1. The molecule has 0 aliphatic heterocycles. The molecule has 1 aromatic rings. The van der Waals surface area contributed by atoms with Crippen LogP contribution in [0.3, 0.4) is 0 Å². The van der Waals surface area contributed by atoms with Gasteiger partial charge < -0.3 is 10.5 Å². The second-order valence-corrected chi connectivity index (χ2v) is 4.06. The minimum atomic E-state index is 0.0898. The molecule has 0 aliphatic carbocycles. The molecule has 1 aromatic carbocycles. The third kappa shape index (κ3) is 3.12. The van der Waals surface area contributed by atoms with Gasteiger partial charge in [-0.1, -0.05) is 23.4 Å². The third-order valence-electron chi connectivity index (χ3n) is 1.63. The second kappa shape index (κ2) is 5.12. The number of nitrogens with one attached hydrogen (secondary N) is 1. The average Bonchev–Trinajstić information content (AvgIpc) is 2.15. The van der Waals surface area contributed by atoms with Crippen molar-refractivity contribution in [1.29, 1.82) is 5.41 Å². The van der Waals surface area contributed by atoms with E-state index in [4.69, 9.17) is 27.5 Å². The van der Waals surface area contributed by atoms with Crippen LogP contribution in [-0.2, 0) is 5.75 Å². The lowest BCUT2D eigenvalue weighted by Gasteiger charge is -2.07. The number of rotatable bonds is 3. The van der Waals surface area contributed by atoms with Crippen LogP contribution in [0, 0.1) is 5.41 Å². The van der Waals surface area contributed by atoms with Crippen molar-refractivity contribution in [2.45, 2.75) is 5.75 Å². The molecular weight excluding hydrogens is 220 g/mol. The van der Waals surface area contributed by atoms with Crippen molar-refractivity contribution in [1.82, 2.24) is 0 Å². The van der Waals surface area contributed by atoms with Gasteiger partial charge in [0.2, 0.25) is 0 Å². The van der Waals surface area contributed by atoms with E-state index in [1.54, 1.807) is 19.2 Å². The lowest BCUT2D eigenvalue weighted by atomic mass is 10.2. The Morgan fingerprint density at radius 3 is 2.93 bits per heavy atom. The normalized spacial score (nSPS) is 9.86. The zero-order valence-corrected chi connectivity index (χ0v) is 9.28. The average molecular weight is 231 g/mol. The van der Waals surface area contributed by atoms with Crippen LogP contribution >= 0.6 is 23.4 Å². The number of benzene rings is 1. The van der Waals surface area contributed by atoms with Crippen molar-refractivity contribution in [2.75, 3.05) is 7.11 Å². The van der Waals surface area contributed by atoms with Gasteiger partial charge in [-0.3, -0.25) is 5.41 Å². The highest BCUT2D eigenvalue weighted by molar-refractivity contribution is 8.13. The summed E-state index contributed by atoms with van der Waals surface area (Å²) in [4.78, 5) is 0. The van der Waals surface area contributed by atoms with Gasteiger partial charge in [0.1, 0.15) is 5.75 Å². The number of hydrogen-bond donors (Lipinski definition) is 2. The second-order valence-electron chi connectivity index (χ2n) is 2.61. The molecule has 0 saturated carbocycles. The Bertz CT molecular complexity index is 344. The quantitative estimate of drug-likeness (QED) is 0.620. The van der Waals surface area contributed by atoms with Crippen molar-refractivity contribution in [2.24, 2.45) is 5.73 Å². The van der Waals surface area contributed by atoms with Gasteiger partial charge in [-0.2, -0.15) is 0 Å². The van der Waals surface area contributed by atoms with Gasteiger partial charge in [0.05, 0.1) is 7.11 Å². The fourth-order valence-electron chi connectivity index (χ4n) is 1.02. The van der Waals surface area contributed by atoms with E-state index in [0.717, 1.165) is 11.3 Å². The van der Waals surface area contributed by atoms with E-state index in [9.17, 15) is 0 Å². The highest BCUT2D eigenvalue weighted by atomic mass is 35.5. The first kappa shape index (κ1) is 11.2. The highest BCUT2D eigenvalue weighted by Gasteiger charge is 2.04. The first-order valence-electron chi connectivity index (χ1n) is 3.92. The summed E-state index contributed by atoms with van der Waals surface area (Å²) in [7, 11) is 1.60. The number of halogens is 1. The van der Waals surface area contributed by atoms with Crippen LogP contribution in [-0.4, -0.2) is 12.3 Å². The Morgan fingerprint density at radius 2 is 2.36 bits per heavy atom. The molecule has 0 bridgehead atoms. The molecule has 14 heavy (non-hydrogen) atoms. The molecule has 0 atom stereocenters. The fraction of sp³-hybridized carbons (Fsp3) is 0.222. The Labute approximate surface area is 92.1 Å². The van der Waals surface area contributed by atoms with E-state index >= 15 is 0 Å². The maximum atomic E-state index is 7.09. The van der Waals surface area contributed by atoms with E-state index in [-0.39, 0.29) is 5.17 Å².